The number of carbonyl (C=O) groups excluding carboxylic acids is 2. The van der Waals surface area contributed by atoms with Gasteiger partial charge in [-0.2, -0.15) is 0 Å². The molecule has 1 aliphatic carbocycles. The van der Waals surface area contributed by atoms with Gasteiger partial charge in [-0.25, -0.2) is 9.18 Å². The van der Waals surface area contributed by atoms with Crippen molar-refractivity contribution in [2.24, 2.45) is 0 Å². The molecule has 0 heterocycles. The molecule has 1 N–H and O–H groups in total. The fraction of sp³-hybridized carbons (Fsp3) is 0.300. The van der Waals surface area contributed by atoms with E-state index in [0.717, 1.165) is 24.8 Å². The molecule has 0 aromatic heterocycles. The predicted octanol–water partition coefficient (Wildman–Crippen LogP) is 3.56. The Bertz CT molecular complexity index is 790. The summed E-state index contributed by atoms with van der Waals surface area (Å²) in [5.41, 5.74) is 2.16. The topological polar surface area (TPSA) is 55.4 Å². The molecular weight excluding hydrogens is 321 g/mol. The molecule has 5 heteroatoms. The standard InChI is InChI=1S/C20H20FNO3/c1-13(25-20(24)16-10-4-5-11-17(16)21)19(23)22-18-12-6-8-14-7-2-3-9-15(14)18/h2-5,7,9-11,13,18H,6,8,12H2,1H3,(H,22,23)/t13-,18-/m1/s1. The van der Waals surface area contributed by atoms with E-state index in [1.54, 1.807) is 6.07 Å². The number of rotatable bonds is 4. The summed E-state index contributed by atoms with van der Waals surface area (Å²) in [6.45, 7) is 1.49. The highest BCUT2D eigenvalue weighted by Crippen LogP contribution is 2.29. The Morgan fingerprint density at radius 2 is 1.88 bits per heavy atom. The van der Waals surface area contributed by atoms with Crippen LogP contribution >= 0.6 is 0 Å². The second-order valence-electron chi connectivity index (χ2n) is 6.18. The first-order chi connectivity index (χ1) is 12.1. The zero-order valence-corrected chi connectivity index (χ0v) is 14.0. The van der Waals surface area contributed by atoms with Gasteiger partial charge >= 0.3 is 5.97 Å². The third-order valence-corrected chi connectivity index (χ3v) is 4.43. The Balaban J connectivity index is 1.64. The summed E-state index contributed by atoms with van der Waals surface area (Å²) in [6, 6.07) is 13.5. The van der Waals surface area contributed by atoms with Crippen molar-refractivity contribution in [3.8, 4) is 0 Å². The van der Waals surface area contributed by atoms with Gasteiger partial charge in [0.15, 0.2) is 6.10 Å². The van der Waals surface area contributed by atoms with Gasteiger partial charge in [0, 0.05) is 0 Å². The van der Waals surface area contributed by atoms with Crippen molar-refractivity contribution in [2.75, 3.05) is 0 Å². The van der Waals surface area contributed by atoms with Crippen LogP contribution in [0, 0.1) is 5.82 Å². The van der Waals surface area contributed by atoms with E-state index in [1.165, 1.54) is 30.7 Å². The minimum atomic E-state index is -0.999. The van der Waals surface area contributed by atoms with Crippen LogP contribution in [0.2, 0.25) is 0 Å². The van der Waals surface area contributed by atoms with E-state index in [1.807, 2.05) is 18.2 Å². The number of fused-ring (bicyclic) bond motifs is 1. The summed E-state index contributed by atoms with van der Waals surface area (Å²) in [5, 5.41) is 2.94. The highest BCUT2D eigenvalue weighted by Gasteiger charge is 2.26. The summed E-state index contributed by atoms with van der Waals surface area (Å²) in [4.78, 5) is 24.4. The molecule has 1 amide bonds. The average Bonchev–Trinajstić information content (AvgIpc) is 2.62. The van der Waals surface area contributed by atoms with Crippen LogP contribution in [0.5, 0.6) is 0 Å². The van der Waals surface area contributed by atoms with Crippen LogP contribution < -0.4 is 5.32 Å². The van der Waals surface area contributed by atoms with Gasteiger partial charge in [0.2, 0.25) is 0 Å². The Hall–Kier alpha value is -2.69. The molecule has 4 nitrogen and oxygen atoms in total. The van der Waals surface area contributed by atoms with Crippen LogP contribution in [0.25, 0.3) is 0 Å². The molecule has 0 spiro atoms. The van der Waals surface area contributed by atoms with Crippen LogP contribution in [-0.2, 0) is 16.0 Å². The van der Waals surface area contributed by atoms with Gasteiger partial charge < -0.3 is 10.1 Å². The second-order valence-corrected chi connectivity index (χ2v) is 6.18. The molecule has 130 valence electrons. The highest BCUT2D eigenvalue weighted by molar-refractivity contribution is 5.92. The molecule has 25 heavy (non-hydrogen) atoms. The first-order valence-corrected chi connectivity index (χ1v) is 8.40. The number of benzene rings is 2. The van der Waals surface area contributed by atoms with Crippen molar-refractivity contribution in [3.05, 3.63) is 71.0 Å². The van der Waals surface area contributed by atoms with Crippen molar-refractivity contribution in [3.63, 3.8) is 0 Å². The smallest absolute Gasteiger partial charge is 0.341 e. The maximum Gasteiger partial charge on any atom is 0.341 e. The number of hydrogen-bond acceptors (Lipinski definition) is 3. The van der Waals surface area contributed by atoms with Crippen molar-refractivity contribution in [2.45, 2.75) is 38.3 Å². The number of hydrogen-bond donors (Lipinski definition) is 1. The lowest BCUT2D eigenvalue weighted by Crippen LogP contribution is -2.39. The molecule has 2 aromatic carbocycles. The molecule has 0 radical (unpaired) electrons. The number of carbonyl (C=O) groups is 2. The molecule has 0 bridgehead atoms. The second kappa shape index (κ2) is 7.47. The lowest BCUT2D eigenvalue weighted by molar-refractivity contribution is -0.130. The fourth-order valence-corrected chi connectivity index (χ4v) is 3.10. The van der Waals surface area contributed by atoms with Crippen molar-refractivity contribution in [1.82, 2.24) is 5.32 Å². The third kappa shape index (κ3) is 3.87. The summed E-state index contributed by atoms with van der Waals surface area (Å²) in [5.74, 6) is -1.89. The molecule has 0 fully saturated rings. The molecule has 0 unspecified atom stereocenters. The summed E-state index contributed by atoms with van der Waals surface area (Å²) >= 11 is 0. The molecule has 3 rings (SSSR count). The Morgan fingerprint density at radius 3 is 2.68 bits per heavy atom. The zero-order chi connectivity index (χ0) is 17.8. The molecule has 2 atom stereocenters. The summed E-state index contributed by atoms with van der Waals surface area (Å²) < 4.78 is 18.7. The quantitative estimate of drug-likeness (QED) is 0.865. The molecule has 1 aliphatic rings. The lowest BCUT2D eigenvalue weighted by Gasteiger charge is -2.27. The Kier molecular flexibility index (Phi) is 5.12. The first kappa shape index (κ1) is 17.1. The van der Waals surface area contributed by atoms with Crippen molar-refractivity contribution in [1.29, 1.82) is 0 Å². The van der Waals surface area contributed by atoms with Gasteiger partial charge in [-0.1, -0.05) is 36.4 Å². The van der Waals surface area contributed by atoms with Crippen LogP contribution in [0.3, 0.4) is 0 Å². The van der Waals surface area contributed by atoms with Crippen LogP contribution in [0.4, 0.5) is 4.39 Å². The average molecular weight is 341 g/mol. The van der Waals surface area contributed by atoms with E-state index < -0.39 is 17.9 Å². The number of ether oxygens (including phenoxy) is 1. The van der Waals surface area contributed by atoms with E-state index in [-0.39, 0.29) is 17.5 Å². The van der Waals surface area contributed by atoms with Crippen LogP contribution in [0.1, 0.15) is 47.3 Å². The van der Waals surface area contributed by atoms with Crippen LogP contribution in [-0.4, -0.2) is 18.0 Å². The first-order valence-electron chi connectivity index (χ1n) is 8.40. The normalized spacial score (nSPS) is 17.3. The number of aryl methyl sites for hydroxylation is 1. The highest BCUT2D eigenvalue weighted by atomic mass is 19.1. The predicted molar refractivity (Wildman–Crippen MR) is 91.5 cm³/mol. The van der Waals surface area contributed by atoms with Gasteiger partial charge in [0.05, 0.1) is 11.6 Å². The number of esters is 1. The zero-order valence-electron chi connectivity index (χ0n) is 14.0. The maximum absolute atomic E-state index is 13.6. The summed E-state index contributed by atoms with van der Waals surface area (Å²) in [7, 11) is 0. The van der Waals surface area contributed by atoms with Gasteiger partial charge in [0.25, 0.3) is 5.91 Å². The number of nitrogens with one attached hydrogen (secondary N) is 1. The van der Waals surface area contributed by atoms with E-state index >= 15 is 0 Å². The largest absolute Gasteiger partial charge is 0.449 e. The number of amides is 1. The van der Waals surface area contributed by atoms with E-state index in [4.69, 9.17) is 4.74 Å². The molecule has 0 aliphatic heterocycles. The molecule has 0 saturated carbocycles. The fourth-order valence-electron chi connectivity index (χ4n) is 3.10. The minimum absolute atomic E-state index is 0.0907. The number of halogens is 1. The molecular formula is C20H20FNO3. The Morgan fingerprint density at radius 1 is 1.16 bits per heavy atom. The van der Waals surface area contributed by atoms with Gasteiger partial charge in [-0.15, -0.1) is 0 Å². The van der Waals surface area contributed by atoms with E-state index in [0.29, 0.717) is 0 Å². The van der Waals surface area contributed by atoms with Crippen molar-refractivity contribution < 1.29 is 18.7 Å². The Labute approximate surface area is 146 Å². The van der Waals surface area contributed by atoms with Gasteiger partial charge in [-0.05, 0) is 49.4 Å². The maximum atomic E-state index is 13.6. The lowest BCUT2D eigenvalue weighted by atomic mass is 9.87. The monoisotopic (exact) mass is 341 g/mol. The van der Waals surface area contributed by atoms with Crippen LogP contribution in [0.15, 0.2) is 48.5 Å². The van der Waals surface area contributed by atoms with Gasteiger partial charge in [-0.3, -0.25) is 4.79 Å². The van der Waals surface area contributed by atoms with E-state index in [9.17, 15) is 14.0 Å². The SMILES string of the molecule is C[C@@H](OC(=O)c1ccccc1F)C(=O)N[C@@H]1CCCc2ccccc21. The summed E-state index contributed by atoms with van der Waals surface area (Å²) in [6.07, 6.45) is 1.84. The molecule has 0 saturated heterocycles. The van der Waals surface area contributed by atoms with Crippen molar-refractivity contribution >= 4 is 11.9 Å². The van der Waals surface area contributed by atoms with Gasteiger partial charge in [0.1, 0.15) is 5.82 Å². The third-order valence-electron chi connectivity index (χ3n) is 4.43. The minimum Gasteiger partial charge on any atom is -0.449 e. The van der Waals surface area contributed by atoms with E-state index in [2.05, 4.69) is 11.4 Å². The molecule has 2 aromatic rings.